The molecule has 0 amide bonds. The normalized spacial score (nSPS) is 12.2. The predicted octanol–water partition coefficient (Wildman–Crippen LogP) is 2.82. The first-order chi connectivity index (χ1) is 8.11. The third-order valence-electron chi connectivity index (χ3n) is 2.59. The van der Waals surface area contributed by atoms with Gasteiger partial charge in [-0.25, -0.2) is 0 Å². The fraction of sp³-hybridized carbons (Fsp3) is 0.500. The van der Waals surface area contributed by atoms with E-state index in [2.05, 4.69) is 4.18 Å². The van der Waals surface area contributed by atoms with Crippen LogP contribution < -0.4 is 4.18 Å². The highest BCUT2D eigenvalue weighted by atomic mass is 32.3. The molecule has 0 heterocycles. The molecule has 18 heavy (non-hydrogen) atoms. The average Bonchev–Trinajstić information content (AvgIpc) is 2.17. The highest BCUT2D eigenvalue weighted by molar-refractivity contribution is 7.81. The van der Waals surface area contributed by atoms with Crippen molar-refractivity contribution in [3.8, 4) is 11.5 Å². The summed E-state index contributed by atoms with van der Waals surface area (Å²) in [6, 6.07) is 2.83. The highest BCUT2D eigenvalue weighted by Crippen LogP contribution is 2.37. The van der Waals surface area contributed by atoms with Crippen LogP contribution >= 0.6 is 0 Å². The molecule has 6 heteroatoms. The van der Waals surface area contributed by atoms with Gasteiger partial charge in [0.1, 0.15) is 11.5 Å². The van der Waals surface area contributed by atoms with Crippen LogP contribution in [0.2, 0.25) is 0 Å². The van der Waals surface area contributed by atoms with E-state index in [0.29, 0.717) is 11.1 Å². The Morgan fingerprint density at radius 3 is 1.72 bits per heavy atom. The summed E-state index contributed by atoms with van der Waals surface area (Å²) in [6.45, 7) is 7.49. The van der Waals surface area contributed by atoms with E-state index in [4.69, 9.17) is 4.55 Å². The molecule has 0 saturated carbocycles. The van der Waals surface area contributed by atoms with Gasteiger partial charge in [-0.15, -0.1) is 0 Å². The minimum atomic E-state index is -4.56. The van der Waals surface area contributed by atoms with Crippen molar-refractivity contribution in [2.45, 2.75) is 39.5 Å². The summed E-state index contributed by atoms with van der Waals surface area (Å²) in [6.07, 6.45) is 0. The van der Waals surface area contributed by atoms with E-state index in [1.165, 1.54) is 12.1 Å². The van der Waals surface area contributed by atoms with Crippen LogP contribution in [0.1, 0.15) is 50.7 Å². The van der Waals surface area contributed by atoms with Crippen LogP contribution in [0.3, 0.4) is 0 Å². The van der Waals surface area contributed by atoms with Crippen molar-refractivity contribution in [3.63, 3.8) is 0 Å². The summed E-state index contributed by atoms with van der Waals surface area (Å²) in [5, 5.41) is 10.1. The Labute approximate surface area is 107 Å². The lowest BCUT2D eigenvalue weighted by Gasteiger charge is -2.16. The second-order valence-electron chi connectivity index (χ2n) is 4.77. The van der Waals surface area contributed by atoms with Gasteiger partial charge in [-0.1, -0.05) is 27.7 Å². The van der Waals surface area contributed by atoms with Gasteiger partial charge in [-0.05, 0) is 24.0 Å². The van der Waals surface area contributed by atoms with Gasteiger partial charge in [0.05, 0.1) is 0 Å². The van der Waals surface area contributed by atoms with Gasteiger partial charge in [-0.2, -0.15) is 8.42 Å². The number of rotatable bonds is 4. The molecule has 5 nitrogen and oxygen atoms in total. The lowest BCUT2D eigenvalue weighted by atomic mass is 9.93. The van der Waals surface area contributed by atoms with Crippen LogP contribution in [0.4, 0.5) is 0 Å². The SMILES string of the molecule is CC(C)c1cc(OS(=O)(=O)O)cc(C(C)C)c1O. The molecular formula is C12H18O5S. The van der Waals surface area contributed by atoms with Crippen molar-refractivity contribution in [3.05, 3.63) is 23.3 Å². The maximum absolute atomic E-state index is 10.7. The average molecular weight is 274 g/mol. The van der Waals surface area contributed by atoms with E-state index < -0.39 is 10.4 Å². The molecule has 0 aliphatic rings. The van der Waals surface area contributed by atoms with Gasteiger partial charge < -0.3 is 9.29 Å². The molecule has 1 rings (SSSR count). The summed E-state index contributed by atoms with van der Waals surface area (Å²) in [4.78, 5) is 0. The van der Waals surface area contributed by atoms with Gasteiger partial charge in [0.2, 0.25) is 0 Å². The first-order valence-electron chi connectivity index (χ1n) is 5.65. The van der Waals surface area contributed by atoms with Crippen molar-refractivity contribution >= 4 is 10.4 Å². The van der Waals surface area contributed by atoms with Gasteiger partial charge in [0, 0.05) is 11.1 Å². The van der Waals surface area contributed by atoms with Crippen LogP contribution in [0, 0.1) is 0 Å². The summed E-state index contributed by atoms with van der Waals surface area (Å²) in [5.41, 5.74) is 1.17. The number of benzene rings is 1. The van der Waals surface area contributed by atoms with Gasteiger partial charge in [-0.3, -0.25) is 4.55 Å². The summed E-state index contributed by atoms with van der Waals surface area (Å²) >= 11 is 0. The molecule has 0 radical (unpaired) electrons. The first kappa shape index (κ1) is 14.8. The second kappa shape index (κ2) is 5.16. The van der Waals surface area contributed by atoms with Crippen LogP contribution in [-0.4, -0.2) is 18.1 Å². The Bertz CT molecular complexity index is 502. The third-order valence-corrected chi connectivity index (χ3v) is 2.99. The molecular weight excluding hydrogens is 256 g/mol. The Hall–Kier alpha value is -1.27. The molecule has 0 atom stereocenters. The van der Waals surface area contributed by atoms with Gasteiger partial charge in [0.15, 0.2) is 0 Å². The van der Waals surface area contributed by atoms with Crippen LogP contribution in [0.15, 0.2) is 12.1 Å². The standard InChI is InChI=1S/C12H18O5S/c1-7(2)10-5-9(17-18(14,15)16)6-11(8(3)4)12(10)13/h5-8,13H,1-4H3,(H,14,15,16). The van der Waals surface area contributed by atoms with Crippen molar-refractivity contribution in [2.24, 2.45) is 0 Å². The highest BCUT2D eigenvalue weighted by Gasteiger charge is 2.18. The van der Waals surface area contributed by atoms with E-state index in [0.717, 1.165) is 0 Å². The number of hydrogen-bond acceptors (Lipinski definition) is 4. The number of phenols is 1. The minimum Gasteiger partial charge on any atom is -0.507 e. The second-order valence-corrected chi connectivity index (χ2v) is 5.79. The Morgan fingerprint density at radius 1 is 1.06 bits per heavy atom. The first-order valence-corrected chi connectivity index (χ1v) is 7.02. The van der Waals surface area contributed by atoms with Crippen molar-refractivity contribution < 1.29 is 22.3 Å². The largest absolute Gasteiger partial charge is 0.507 e. The lowest BCUT2D eigenvalue weighted by molar-refractivity contribution is 0.384. The van der Waals surface area contributed by atoms with E-state index in [9.17, 15) is 13.5 Å². The van der Waals surface area contributed by atoms with E-state index in [1.807, 2.05) is 27.7 Å². The van der Waals surface area contributed by atoms with E-state index in [1.54, 1.807) is 0 Å². The molecule has 0 aliphatic heterocycles. The van der Waals surface area contributed by atoms with Gasteiger partial charge >= 0.3 is 10.4 Å². The zero-order valence-electron chi connectivity index (χ0n) is 10.8. The molecule has 2 N–H and O–H groups in total. The number of phenolic OH excluding ortho intramolecular Hbond substituents is 1. The van der Waals surface area contributed by atoms with Crippen LogP contribution in [0.5, 0.6) is 11.5 Å². The van der Waals surface area contributed by atoms with Crippen molar-refractivity contribution in [1.82, 2.24) is 0 Å². The maximum Gasteiger partial charge on any atom is 0.446 e. The minimum absolute atomic E-state index is 0.00250. The summed E-state index contributed by atoms with van der Waals surface area (Å²) in [7, 11) is -4.56. The predicted molar refractivity (Wildman–Crippen MR) is 68.5 cm³/mol. The Kier molecular flexibility index (Phi) is 4.24. The quantitative estimate of drug-likeness (QED) is 0.825. The smallest absolute Gasteiger partial charge is 0.446 e. The van der Waals surface area contributed by atoms with E-state index in [-0.39, 0.29) is 23.3 Å². The number of aromatic hydroxyl groups is 1. The molecule has 0 spiro atoms. The Morgan fingerprint density at radius 2 is 1.44 bits per heavy atom. The zero-order chi connectivity index (χ0) is 14.1. The molecule has 0 aromatic heterocycles. The molecule has 0 saturated heterocycles. The summed E-state index contributed by atoms with van der Waals surface area (Å²) in [5.74, 6) is 0.158. The fourth-order valence-corrected chi connectivity index (χ4v) is 2.04. The zero-order valence-corrected chi connectivity index (χ0v) is 11.7. The molecule has 0 fully saturated rings. The summed E-state index contributed by atoms with van der Waals surface area (Å²) < 4.78 is 34.6. The molecule has 0 aliphatic carbocycles. The molecule has 0 bridgehead atoms. The maximum atomic E-state index is 10.7. The van der Waals surface area contributed by atoms with E-state index >= 15 is 0 Å². The van der Waals surface area contributed by atoms with Crippen molar-refractivity contribution in [1.29, 1.82) is 0 Å². The molecule has 102 valence electrons. The molecule has 1 aromatic rings. The molecule has 1 aromatic carbocycles. The monoisotopic (exact) mass is 274 g/mol. The van der Waals surface area contributed by atoms with Crippen LogP contribution in [-0.2, 0) is 10.4 Å². The van der Waals surface area contributed by atoms with Crippen LogP contribution in [0.25, 0.3) is 0 Å². The lowest BCUT2D eigenvalue weighted by Crippen LogP contribution is -2.08. The van der Waals surface area contributed by atoms with Gasteiger partial charge in [0.25, 0.3) is 0 Å². The fourth-order valence-electron chi connectivity index (χ4n) is 1.70. The molecule has 0 unspecified atom stereocenters. The third kappa shape index (κ3) is 3.61. The Balaban J connectivity index is 3.38. The van der Waals surface area contributed by atoms with Crippen molar-refractivity contribution in [2.75, 3.05) is 0 Å². The number of hydrogen-bond donors (Lipinski definition) is 2. The topological polar surface area (TPSA) is 83.8 Å².